The number of hydrogen-bond acceptors (Lipinski definition) is 1. The molecule has 0 aliphatic carbocycles. The van der Waals surface area contributed by atoms with Crippen LogP contribution in [0.1, 0.15) is 40.5 Å². The van der Waals surface area contributed by atoms with E-state index in [1.165, 1.54) is 0 Å². The standard InChI is InChI=1S/C10H20O/c1-6-8-9(11-7-2)10(3,4)5/h7,9H,2,6,8H2,1,3-5H3. The van der Waals surface area contributed by atoms with Crippen LogP contribution in [0.4, 0.5) is 0 Å². The van der Waals surface area contributed by atoms with E-state index in [4.69, 9.17) is 4.74 Å². The maximum Gasteiger partial charge on any atom is 0.103 e. The van der Waals surface area contributed by atoms with Gasteiger partial charge in [0.1, 0.15) is 6.10 Å². The molecule has 0 aliphatic heterocycles. The molecule has 0 rings (SSSR count). The van der Waals surface area contributed by atoms with Crippen molar-refractivity contribution in [1.82, 2.24) is 0 Å². The summed E-state index contributed by atoms with van der Waals surface area (Å²) < 4.78 is 5.41. The van der Waals surface area contributed by atoms with Gasteiger partial charge < -0.3 is 4.74 Å². The highest BCUT2D eigenvalue weighted by molar-refractivity contribution is 4.75. The monoisotopic (exact) mass is 156 g/mol. The minimum Gasteiger partial charge on any atom is -0.498 e. The molecule has 0 aromatic heterocycles. The minimum absolute atomic E-state index is 0.226. The van der Waals surface area contributed by atoms with Crippen molar-refractivity contribution >= 4 is 0 Å². The van der Waals surface area contributed by atoms with Gasteiger partial charge in [0, 0.05) is 0 Å². The highest BCUT2D eigenvalue weighted by Gasteiger charge is 2.23. The van der Waals surface area contributed by atoms with E-state index in [1.54, 1.807) is 6.26 Å². The third-order valence-corrected chi connectivity index (χ3v) is 1.78. The highest BCUT2D eigenvalue weighted by Crippen LogP contribution is 2.25. The topological polar surface area (TPSA) is 9.23 Å². The maximum absolute atomic E-state index is 5.41. The maximum atomic E-state index is 5.41. The summed E-state index contributed by atoms with van der Waals surface area (Å²) in [5, 5.41) is 0. The fourth-order valence-corrected chi connectivity index (χ4v) is 1.08. The molecular weight excluding hydrogens is 136 g/mol. The summed E-state index contributed by atoms with van der Waals surface area (Å²) in [5.41, 5.74) is 0.226. The largest absolute Gasteiger partial charge is 0.498 e. The molecule has 0 saturated carbocycles. The Morgan fingerprint density at radius 2 is 2.00 bits per heavy atom. The fraction of sp³-hybridized carbons (Fsp3) is 0.800. The average Bonchev–Trinajstić information content (AvgIpc) is 1.85. The van der Waals surface area contributed by atoms with Crippen molar-refractivity contribution in [1.29, 1.82) is 0 Å². The summed E-state index contributed by atoms with van der Waals surface area (Å²) in [6.07, 6.45) is 4.13. The van der Waals surface area contributed by atoms with Gasteiger partial charge in [0.2, 0.25) is 0 Å². The van der Waals surface area contributed by atoms with E-state index < -0.39 is 0 Å². The van der Waals surface area contributed by atoms with Gasteiger partial charge in [-0.2, -0.15) is 0 Å². The summed E-state index contributed by atoms with van der Waals surface area (Å²) in [6.45, 7) is 12.3. The third-order valence-electron chi connectivity index (χ3n) is 1.78. The van der Waals surface area contributed by atoms with E-state index in [2.05, 4.69) is 34.3 Å². The van der Waals surface area contributed by atoms with Gasteiger partial charge in [-0.1, -0.05) is 40.7 Å². The molecule has 0 spiro atoms. The minimum atomic E-state index is 0.226. The van der Waals surface area contributed by atoms with Gasteiger partial charge in [-0.3, -0.25) is 0 Å². The molecule has 0 aliphatic rings. The summed E-state index contributed by atoms with van der Waals surface area (Å²) in [6, 6.07) is 0. The Hall–Kier alpha value is -0.460. The van der Waals surface area contributed by atoms with Crippen LogP contribution in [0.5, 0.6) is 0 Å². The second kappa shape index (κ2) is 4.42. The predicted octanol–water partition coefficient (Wildman–Crippen LogP) is 3.36. The van der Waals surface area contributed by atoms with E-state index in [0.29, 0.717) is 6.10 Å². The molecule has 0 radical (unpaired) electrons. The van der Waals surface area contributed by atoms with Gasteiger partial charge in [-0.05, 0) is 11.8 Å². The molecular formula is C10H20O. The van der Waals surface area contributed by atoms with Crippen LogP contribution in [-0.4, -0.2) is 6.10 Å². The zero-order valence-electron chi connectivity index (χ0n) is 8.18. The Labute approximate surface area is 70.4 Å². The second-order valence-electron chi connectivity index (χ2n) is 3.95. The zero-order chi connectivity index (χ0) is 8.91. The third kappa shape index (κ3) is 4.07. The van der Waals surface area contributed by atoms with Crippen molar-refractivity contribution in [2.45, 2.75) is 46.6 Å². The zero-order valence-corrected chi connectivity index (χ0v) is 8.18. The Kier molecular flexibility index (Phi) is 4.24. The molecule has 0 fully saturated rings. The lowest BCUT2D eigenvalue weighted by Gasteiger charge is -2.29. The van der Waals surface area contributed by atoms with Gasteiger partial charge in [-0.15, -0.1) is 0 Å². The van der Waals surface area contributed by atoms with Gasteiger partial charge in [0.05, 0.1) is 6.26 Å². The Morgan fingerprint density at radius 1 is 1.45 bits per heavy atom. The molecule has 11 heavy (non-hydrogen) atoms. The molecule has 66 valence electrons. The molecule has 0 aromatic rings. The quantitative estimate of drug-likeness (QED) is 0.567. The van der Waals surface area contributed by atoms with Crippen LogP contribution in [0, 0.1) is 5.41 Å². The Balaban J connectivity index is 3.97. The van der Waals surface area contributed by atoms with Crippen molar-refractivity contribution in [3.8, 4) is 0 Å². The van der Waals surface area contributed by atoms with Gasteiger partial charge in [0.15, 0.2) is 0 Å². The molecule has 0 heterocycles. The van der Waals surface area contributed by atoms with Crippen molar-refractivity contribution < 1.29 is 4.74 Å². The summed E-state index contributed by atoms with van der Waals surface area (Å²) in [7, 11) is 0. The molecule has 0 bridgehead atoms. The van der Waals surface area contributed by atoms with E-state index in [9.17, 15) is 0 Å². The first-order valence-electron chi connectivity index (χ1n) is 4.28. The average molecular weight is 156 g/mol. The molecule has 0 saturated heterocycles. The van der Waals surface area contributed by atoms with Gasteiger partial charge in [-0.25, -0.2) is 0 Å². The molecule has 0 N–H and O–H groups in total. The van der Waals surface area contributed by atoms with Crippen LogP contribution in [-0.2, 0) is 4.74 Å². The van der Waals surface area contributed by atoms with E-state index >= 15 is 0 Å². The normalized spacial score (nSPS) is 14.2. The molecule has 1 heteroatoms. The van der Waals surface area contributed by atoms with Crippen LogP contribution in [0.3, 0.4) is 0 Å². The van der Waals surface area contributed by atoms with Crippen molar-refractivity contribution in [2.24, 2.45) is 5.41 Å². The molecule has 1 nitrogen and oxygen atoms in total. The summed E-state index contributed by atoms with van der Waals surface area (Å²) >= 11 is 0. The summed E-state index contributed by atoms with van der Waals surface area (Å²) in [4.78, 5) is 0. The fourth-order valence-electron chi connectivity index (χ4n) is 1.08. The Morgan fingerprint density at radius 3 is 2.27 bits per heavy atom. The van der Waals surface area contributed by atoms with Crippen molar-refractivity contribution in [3.05, 3.63) is 12.8 Å². The predicted molar refractivity (Wildman–Crippen MR) is 49.4 cm³/mol. The van der Waals surface area contributed by atoms with E-state index in [-0.39, 0.29) is 5.41 Å². The van der Waals surface area contributed by atoms with E-state index in [0.717, 1.165) is 12.8 Å². The lowest BCUT2D eigenvalue weighted by Crippen LogP contribution is -2.27. The second-order valence-corrected chi connectivity index (χ2v) is 3.95. The number of hydrogen-bond donors (Lipinski definition) is 0. The first kappa shape index (κ1) is 10.5. The highest BCUT2D eigenvalue weighted by atomic mass is 16.5. The smallest absolute Gasteiger partial charge is 0.103 e. The first-order valence-corrected chi connectivity index (χ1v) is 4.28. The molecule has 1 unspecified atom stereocenters. The number of rotatable bonds is 4. The molecule has 0 amide bonds. The SMILES string of the molecule is C=COC(CCC)C(C)(C)C. The molecule has 1 atom stereocenters. The lowest BCUT2D eigenvalue weighted by molar-refractivity contribution is 0.0389. The lowest BCUT2D eigenvalue weighted by atomic mass is 9.86. The van der Waals surface area contributed by atoms with Crippen LogP contribution < -0.4 is 0 Å². The van der Waals surface area contributed by atoms with Crippen LogP contribution in [0.25, 0.3) is 0 Å². The van der Waals surface area contributed by atoms with Crippen LogP contribution in [0.2, 0.25) is 0 Å². The van der Waals surface area contributed by atoms with E-state index in [1.807, 2.05) is 0 Å². The van der Waals surface area contributed by atoms with Crippen LogP contribution >= 0.6 is 0 Å². The number of ether oxygens (including phenoxy) is 1. The van der Waals surface area contributed by atoms with Crippen LogP contribution in [0.15, 0.2) is 12.8 Å². The van der Waals surface area contributed by atoms with Gasteiger partial charge in [0.25, 0.3) is 0 Å². The Bertz CT molecular complexity index is 111. The van der Waals surface area contributed by atoms with Crippen molar-refractivity contribution in [2.75, 3.05) is 0 Å². The first-order chi connectivity index (χ1) is 5.02. The van der Waals surface area contributed by atoms with Gasteiger partial charge >= 0.3 is 0 Å². The van der Waals surface area contributed by atoms with Crippen molar-refractivity contribution in [3.63, 3.8) is 0 Å². The molecule has 0 aromatic carbocycles. The summed E-state index contributed by atoms with van der Waals surface area (Å²) in [5.74, 6) is 0.